The number of amides is 1. The SMILES string of the molecule is O=C(O)CC(=CSCNC(=O)c1ccc(-c2ccc(Cl)cc2)o1)c1ccc(Cl)cc1. The fraction of sp³-hybridized carbons (Fsp3) is 0.0909. The van der Waals surface area contributed by atoms with Crippen molar-refractivity contribution < 1.29 is 19.1 Å². The van der Waals surface area contributed by atoms with Crippen molar-refractivity contribution in [3.63, 3.8) is 0 Å². The first-order valence-corrected chi connectivity index (χ1v) is 10.6. The first-order valence-electron chi connectivity index (χ1n) is 8.85. The number of hydrogen-bond acceptors (Lipinski definition) is 4. The molecule has 0 saturated carbocycles. The number of benzene rings is 2. The van der Waals surface area contributed by atoms with E-state index in [9.17, 15) is 9.59 Å². The number of carboxylic acids is 1. The molecule has 5 nitrogen and oxygen atoms in total. The maximum Gasteiger partial charge on any atom is 0.307 e. The molecular weight excluding hydrogens is 445 g/mol. The molecule has 8 heteroatoms. The predicted octanol–water partition coefficient (Wildman–Crippen LogP) is 6.19. The van der Waals surface area contributed by atoms with Crippen LogP contribution in [0.5, 0.6) is 0 Å². The van der Waals surface area contributed by atoms with Gasteiger partial charge in [-0.2, -0.15) is 0 Å². The van der Waals surface area contributed by atoms with Crippen LogP contribution in [0, 0.1) is 0 Å². The third-order valence-electron chi connectivity index (χ3n) is 4.06. The summed E-state index contributed by atoms with van der Waals surface area (Å²) in [5.41, 5.74) is 2.21. The van der Waals surface area contributed by atoms with Crippen molar-refractivity contribution >= 4 is 52.4 Å². The van der Waals surface area contributed by atoms with E-state index in [1.54, 1.807) is 53.9 Å². The topological polar surface area (TPSA) is 79.5 Å². The zero-order valence-electron chi connectivity index (χ0n) is 15.6. The molecule has 0 aliphatic rings. The molecule has 3 rings (SSSR count). The Labute approximate surface area is 187 Å². The van der Waals surface area contributed by atoms with E-state index in [2.05, 4.69) is 5.32 Å². The Hall–Kier alpha value is -2.67. The number of halogens is 2. The first-order chi connectivity index (χ1) is 14.4. The minimum absolute atomic E-state index is 0.134. The van der Waals surface area contributed by atoms with Gasteiger partial charge in [-0.25, -0.2) is 0 Å². The van der Waals surface area contributed by atoms with Crippen LogP contribution in [-0.2, 0) is 4.79 Å². The van der Waals surface area contributed by atoms with Gasteiger partial charge in [-0.05, 0) is 65.1 Å². The van der Waals surface area contributed by atoms with Crippen molar-refractivity contribution in [2.24, 2.45) is 0 Å². The number of carbonyl (C=O) groups is 2. The number of furan rings is 1. The van der Waals surface area contributed by atoms with E-state index in [4.69, 9.17) is 32.7 Å². The van der Waals surface area contributed by atoms with Gasteiger partial charge in [-0.3, -0.25) is 9.59 Å². The second-order valence-corrected chi connectivity index (χ2v) is 7.94. The van der Waals surface area contributed by atoms with Crippen LogP contribution >= 0.6 is 35.0 Å². The molecule has 0 radical (unpaired) electrons. The third kappa shape index (κ3) is 6.16. The average molecular weight is 462 g/mol. The number of thioether (sulfide) groups is 1. The van der Waals surface area contributed by atoms with Crippen molar-refractivity contribution in [2.45, 2.75) is 6.42 Å². The number of carboxylic acid groups (broad SMARTS) is 1. The first kappa shape index (κ1) is 22.0. The summed E-state index contributed by atoms with van der Waals surface area (Å²) in [5, 5.41) is 14.8. The second-order valence-electron chi connectivity index (χ2n) is 6.21. The van der Waals surface area contributed by atoms with Gasteiger partial charge in [0.25, 0.3) is 5.91 Å². The summed E-state index contributed by atoms with van der Waals surface area (Å²) >= 11 is 13.1. The Morgan fingerprint density at radius 2 is 1.60 bits per heavy atom. The van der Waals surface area contributed by atoms with Crippen molar-refractivity contribution in [3.05, 3.63) is 87.4 Å². The highest BCUT2D eigenvalue weighted by Crippen LogP contribution is 2.25. The van der Waals surface area contributed by atoms with Crippen molar-refractivity contribution in [1.82, 2.24) is 5.32 Å². The number of hydrogen-bond donors (Lipinski definition) is 2. The largest absolute Gasteiger partial charge is 0.481 e. The number of carbonyl (C=O) groups excluding carboxylic acids is 1. The van der Waals surface area contributed by atoms with E-state index in [-0.39, 0.29) is 24.0 Å². The third-order valence-corrected chi connectivity index (χ3v) is 5.32. The summed E-state index contributed by atoms with van der Waals surface area (Å²) in [6.07, 6.45) is -0.134. The molecule has 2 aromatic carbocycles. The zero-order chi connectivity index (χ0) is 21.5. The number of nitrogens with one attached hydrogen (secondary N) is 1. The Bertz CT molecular complexity index is 1060. The van der Waals surface area contributed by atoms with Gasteiger partial charge in [-0.15, -0.1) is 11.8 Å². The minimum Gasteiger partial charge on any atom is -0.481 e. The Kier molecular flexibility index (Phi) is 7.63. The number of rotatable bonds is 8. The van der Waals surface area contributed by atoms with Crippen molar-refractivity contribution in [1.29, 1.82) is 0 Å². The summed E-state index contributed by atoms with van der Waals surface area (Å²) in [7, 11) is 0. The van der Waals surface area contributed by atoms with Crippen LogP contribution in [0.1, 0.15) is 22.5 Å². The lowest BCUT2D eigenvalue weighted by molar-refractivity contribution is -0.135. The smallest absolute Gasteiger partial charge is 0.307 e. The molecule has 0 spiro atoms. The van der Waals surface area contributed by atoms with Gasteiger partial charge >= 0.3 is 5.97 Å². The van der Waals surface area contributed by atoms with Gasteiger partial charge < -0.3 is 14.8 Å². The van der Waals surface area contributed by atoms with E-state index >= 15 is 0 Å². The lowest BCUT2D eigenvalue weighted by Crippen LogP contribution is -2.21. The summed E-state index contributed by atoms with van der Waals surface area (Å²) in [5.74, 6) is -0.288. The van der Waals surface area contributed by atoms with Crippen LogP contribution in [0.4, 0.5) is 0 Å². The molecule has 30 heavy (non-hydrogen) atoms. The standard InChI is InChI=1S/C22H17Cl2NO4S/c23-17-5-1-14(2-6-17)16(11-21(26)27)12-30-13-25-22(28)20-10-9-19(29-20)15-3-7-18(24)8-4-15/h1-10,12H,11,13H2,(H,25,28)(H,26,27). The molecule has 0 fully saturated rings. The fourth-order valence-electron chi connectivity index (χ4n) is 2.60. The summed E-state index contributed by atoms with van der Waals surface area (Å²) in [4.78, 5) is 23.5. The van der Waals surface area contributed by atoms with Gasteiger partial charge in [0, 0.05) is 15.6 Å². The molecule has 1 aromatic heterocycles. The molecule has 2 N–H and O–H groups in total. The van der Waals surface area contributed by atoms with E-state index in [0.29, 0.717) is 21.4 Å². The normalized spacial score (nSPS) is 11.3. The molecule has 154 valence electrons. The predicted molar refractivity (Wildman–Crippen MR) is 121 cm³/mol. The molecule has 0 atom stereocenters. The lowest BCUT2D eigenvalue weighted by Gasteiger charge is -2.06. The molecular formula is C22H17Cl2NO4S. The zero-order valence-corrected chi connectivity index (χ0v) is 17.9. The van der Waals surface area contributed by atoms with Crippen LogP contribution in [0.15, 0.2) is 70.5 Å². The monoisotopic (exact) mass is 461 g/mol. The van der Waals surface area contributed by atoms with E-state index in [1.165, 1.54) is 11.8 Å². The highest BCUT2D eigenvalue weighted by Gasteiger charge is 2.12. The Morgan fingerprint density at radius 1 is 0.967 bits per heavy atom. The van der Waals surface area contributed by atoms with Crippen LogP contribution in [0.2, 0.25) is 10.0 Å². The second kappa shape index (κ2) is 10.4. The molecule has 1 heterocycles. The van der Waals surface area contributed by atoms with E-state index < -0.39 is 5.97 Å². The van der Waals surface area contributed by atoms with Crippen molar-refractivity contribution in [3.8, 4) is 11.3 Å². The van der Waals surface area contributed by atoms with Gasteiger partial charge in [-0.1, -0.05) is 35.3 Å². The van der Waals surface area contributed by atoms with Gasteiger partial charge in [0.2, 0.25) is 0 Å². The van der Waals surface area contributed by atoms with Crippen LogP contribution in [0.3, 0.4) is 0 Å². The maximum atomic E-state index is 12.3. The van der Waals surface area contributed by atoms with E-state index in [1.807, 2.05) is 12.1 Å². The van der Waals surface area contributed by atoms with Crippen LogP contribution < -0.4 is 5.32 Å². The highest BCUT2D eigenvalue weighted by molar-refractivity contribution is 8.02. The molecule has 1 amide bonds. The maximum absolute atomic E-state index is 12.3. The van der Waals surface area contributed by atoms with Crippen LogP contribution in [0.25, 0.3) is 16.9 Å². The van der Waals surface area contributed by atoms with Crippen LogP contribution in [-0.4, -0.2) is 22.9 Å². The summed E-state index contributed by atoms with van der Waals surface area (Å²) in [6.45, 7) is 0. The van der Waals surface area contributed by atoms with Crippen molar-refractivity contribution in [2.75, 3.05) is 5.88 Å². The highest BCUT2D eigenvalue weighted by atomic mass is 35.5. The lowest BCUT2D eigenvalue weighted by atomic mass is 10.1. The molecule has 0 saturated heterocycles. The summed E-state index contributed by atoms with van der Waals surface area (Å²) < 4.78 is 5.61. The molecule has 0 unspecified atom stereocenters. The molecule has 0 aliphatic carbocycles. The van der Waals surface area contributed by atoms with Gasteiger partial charge in [0.15, 0.2) is 5.76 Å². The quantitative estimate of drug-likeness (QED) is 0.308. The molecule has 3 aromatic rings. The Morgan fingerprint density at radius 3 is 2.23 bits per heavy atom. The van der Waals surface area contributed by atoms with Gasteiger partial charge in [0.05, 0.1) is 12.3 Å². The van der Waals surface area contributed by atoms with Gasteiger partial charge in [0.1, 0.15) is 5.76 Å². The fourth-order valence-corrected chi connectivity index (χ4v) is 3.57. The summed E-state index contributed by atoms with van der Waals surface area (Å²) in [6, 6.07) is 17.4. The van der Waals surface area contributed by atoms with E-state index in [0.717, 1.165) is 11.1 Å². The molecule has 0 bridgehead atoms. The Balaban J connectivity index is 1.59. The minimum atomic E-state index is -0.939. The number of aliphatic carboxylic acids is 1. The average Bonchev–Trinajstić information content (AvgIpc) is 3.21. The molecule has 0 aliphatic heterocycles.